The monoisotopic (exact) mass is 240 g/mol. The Bertz CT molecular complexity index is 329. The molecule has 0 amide bonds. The van der Waals surface area contributed by atoms with Gasteiger partial charge in [0.2, 0.25) is 0 Å². The lowest BCUT2D eigenvalue weighted by Gasteiger charge is -2.19. The molecule has 0 N–H and O–H groups in total. The van der Waals surface area contributed by atoms with Gasteiger partial charge in [0.05, 0.1) is 0 Å². The number of rotatable bonds is 2. The molecular formula is C11H13BrO. The van der Waals surface area contributed by atoms with Crippen molar-refractivity contribution in [3.8, 4) is 0 Å². The third-order valence-electron chi connectivity index (χ3n) is 2.18. The van der Waals surface area contributed by atoms with Crippen LogP contribution in [-0.4, -0.2) is 6.29 Å². The number of halogens is 1. The van der Waals surface area contributed by atoms with E-state index in [1.54, 1.807) is 0 Å². The van der Waals surface area contributed by atoms with E-state index in [0.29, 0.717) is 0 Å². The molecule has 0 fully saturated rings. The van der Waals surface area contributed by atoms with Crippen molar-refractivity contribution < 1.29 is 4.79 Å². The van der Waals surface area contributed by atoms with Crippen LogP contribution in [0.15, 0.2) is 22.7 Å². The summed E-state index contributed by atoms with van der Waals surface area (Å²) in [7, 11) is 0. The zero-order valence-corrected chi connectivity index (χ0v) is 9.68. The second-order valence-electron chi connectivity index (χ2n) is 3.80. The molecule has 0 atom stereocenters. The van der Waals surface area contributed by atoms with Crippen molar-refractivity contribution in [2.75, 3.05) is 0 Å². The van der Waals surface area contributed by atoms with Crippen molar-refractivity contribution in [3.05, 3.63) is 33.8 Å². The molecule has 0 aliphatic heterocycles. The van der Waals surface area contributed by atoms with Gasteiger partial charge in [-0.25, -0.2) is 0 Å². The first-order valence-electron chi connectivity index (χ1n) is 4.20. The van der Waals surface area contributed by atoms with Gasteiger partial charge >= 0.3 is 0 Å². The number of carbonyl (C=O) groups is 1. The fourth-order valence-electron chi connectivity index (χ4n) is 1.41. The second-order valence-corrected chi connectivity index (χ2v) is 4.71. The van der Waals surface area contributed by atoms with Crippen molar-refractivity contribution in [1.29, 1.82) is 0 Å². The number of benzene rings is 1. The lowest BCUT2D eigenvalue weighted by Crippen LogP contribution is -2.19. The maximum atomic E-state index is 10.9. The van der Waals surface area contributed by atoms with Crippen LogP contribution in [-0.2, 0) is 10.2 Å². The fraction of sp³-hybridized carbons (Fsp3) is 0.364. The van der Waals surface area contributed by atoms with Crippen molar-refractivity contribution in [3.63, 3.8) is 0 Å². The molecule has 1 aromatic carbocycles. The van der Waals surface area contributed by atoms with E-state index in [-0.39, 0.29) is 5.41 Å². The number of aryl methyl sites for hydroxylation is 1. The van der Waals surface area contributed by atoms with Gasteiger partial charge in [-0.05, 0) is 44.0 Å². The molecule has 1 aromatic rings. The Morgan fingerprint density at radius 1 is 1.38 bits per heavy atom. The minimum absolute atomic E-state index is 0.384. The molecule has 0 bridgehead atoms. The summed E-state index contributed by atoms with van der Waals surface area (Å²) in [6.07, 6.45) is 0.989. The standard InChI is InChI=1S/C11H13BrO/c1-8-6-9(12)4-5-10(8)11(2,3)7-13/h4-7H,1-3H3. The van der Waals surface area contributed by atoms with E-state index >= 15 is 0 Å². The first-order valence-corrected chi connectivity index (χ1v) is 4.99. The summed E-state index contributed by atoms with van der Waals surface area (Å²) in [4.78, 5) is 10.9. The topological polar surface area (TPSA) is 17.1 Å². The quantitative estimate of drug-likeness (QED) is 0.726. The zero-order chi connectivity index (χ0) is 10.1. The van der Waals surface area contributed by atoms with Crippen LogP contribution in [0, 0.1) is 6.92 Å². The highest BCUT2D eigenvalue weighted by atomic mass is 79.9. The predicted octanol–water partition coefficient (Wildman–Crippen LogP) is 3.23. The fourth-order valence-corrected chi connectivity index (χ4v) is 1.89. The third kappa shape index (κ3) is 2.19. The molecule has 0 spiro atoms. The Morgan fingerprint density at radius 3 is 2.46 bits per heavy atom. The van der Waals surface area contributed by atoms with Gasteiger partial charge in [0, 0.05) is 9.89 Å². The van der Waals surface area contributed by atoms with Crippen molar-refractivity contribution >= 4 is 22.2 Å². The molecule has 70 valence electrons. The summed E-state index contributed by atoms with van der Waals surface area (Å²) in [6, 6.07) is 5.99. The van der Waals surface area contributed by atoms with Crippen LogP contribution in [0.25, 0.3) is 0 Å². The molecule has 0 heterocycles. The van der Waals surface area contributed by atoms with Gasteiger partial charge in [-0.1, -0.05) is 22.0 Å². The minimum atomic E-state index is -0.384. The molecule has 0 unspecified atom stereocenters. The van der Waals surface area contributed by atoms with E-state index in [1.165, 1.54) is 0 Å². The summed E-state index contributed by atoms with van der Waals surface area (Å²) < 4.78 is 1.05. The van der Waals surface area contributed by atoms with E-state index in [4.69, 9.17) is 0 Å². The minimum Gasteiger partial charge on any atom is -0.302 e. The summed E-state index contributed by atoms with van der Waals surface area (Å²) >= 11 is 3.40. The van der Waals surface area contributed by atoms with E-state index in [9.17, 15) is 4.79 Å². The molecule has 0 saturated carbocycles. The Morgan fingerprint density at radius 2 is 2.00 bits per heavy atom. The highest BCUT2D eigenvalue weighted by molar-refractivity contribution is 9.10. The van der Waals surface area contributed by atoms with Gasteiger partial charge in [0.15, 0.2) is 0 Å². The van der Waals surface area contributed by atoms with Crippen LogP contribution < -0.4 is 0 Å². The van der Waals surface area contributed by atoms with Gasteiger partial charge in [0.1, 0.15) is 6.29 Å². The lowest BCUT2D eigenvalue weighted by molar-refractivity contribution is -0.111. The lowest BCUT2D eigenvalue weighted by atomic mass is 9.84. The van der Waals surface area contributed by atoms with Gasteiger partial charge in [-0.3, -0.25) is 0 Å². The zero-order valence-electron chi connectivity index (χ0n) is 8.10. The molecule has 2 heteroatoms. The Kier molecular flexibility index (Phi) is 2.91. The van der Waals surface area contributed by atoms with Crippen molar-refractivity contribution in [1.82, 2.24) is 0 Å². The molecule has 0 aromatic heterocycles. The summed E-state index contributed by atoms with van der Waals surface area (Å²) in [5.74, 6) is 0. The first kappa shape index (κ1) is 10.5. The van der Waals surface area contributed by atoms with E-state index in [0.717, 1.165) is 21.9 Å². The van der Waals surface area contributed by atoms with Gasteiger partial charge in [-0.15, -0.1) is 0 Å². The Hall–Kier alpha value is -0.630. The SMILES string of the molecule is Cc1cc(Br)ccc1C(C)(C)C=O. The second kappa shape index (κ2) is 3.62. The van der Waals surface area contributed by atoms with Crippen molar-refractivity contribution in [2.24, 2.45) is 0 Å². The summed E-state index contributed by atoms with van der Waals surface area (Å²) in [5, 5.41) is 0. The van der Waals surface area contributed by atoms with Gasteiger partial charge in [-0.2, -0.15) is 0 Å². The van der Waals surface area contributed by atoms with Crippen LogP contribution >= 0.6 is 15.9 Å². The molecule has 0 aliphatic carbocycles. The Balaban J connectivity index is 3.23. The van der Waals surface area contributed by atoms with E-state index in [1.807, 2.05) is 39.0 Å². The highest BCUT2D eigenvalue weighted by Gasteiger charge is 2.21. The van der Waals surface area contributed by atoms with Crippen molar-refractivity contribution in [2.45, 2.75) is 26.2 Å². The summed E-state index contributed by atoms with van der Waals surface area (Å²) in [5.41, 5.74) is 1.85. The smallest absolute Gasteiger partial charge is 0.129 e. The number of hydrogen-bond donors (Lipinski definition) is 0. The number of aldehydes is 1. The van der Waals surface area contributed by atoms with Gasteiger partial charge < -0.3 is 4.79 Å². The molecule has 0 aliphatic rings. The largest absolute Gasteiger partial charge is 0.302 e. The average molecular weight is 241 g/mol. The molecule has 1 nitrogen and oxygen atoms in total. The third-order valence-corrected chi connectivity index (χ3v) is 2.67. The van der Waals surface area contributed by atoms with Gasteiger partial charge in [0.25, 0.3) is 0 Å². The molecule has 0 saturated heterocycles. The molecular weight excluding hydrogens is 228 g/mol. The normalized spacial score (nSPS) is 11.4. The summed E-state index contributed by atoms with van der Waals surface area (Å²) in [6.45, 7) is 5.87. The van der Waals surface area contributed by atoms with Crippen LogP contribution in [0.1, 0.15) is 25.0 Å². The van der Waals surface area contributed by atoms with Crippen LogP contribution in [0.3, 0.4) is 0 Å². The van der Waals surface area contributed by atoms with E-state index < -0.39 is 0 Å². The Labute approximate surface area is 87.3 Å². The van der Waals surface area contributed by atoms with Crippen LogP contribution in [0.2, 0.25) is 0 Å². The molecule has 13 heavy (non-hydrogen) atoms. The predicted molar refractivity (Wildman–Crippen MR) is 58.0 cm³/mol. The van der Waals surface area contributed by atoms with Crippen LogP contribution in [0.4, 0.5) is 0 Å². The van der Waals surface area contributed by atoms with Crippen LogP contribution in [0.5, 0.6) is 0 Å². The molecule has 0 radical (unpaired) electrons. The number of carbonyl (C=O) groups excluding carboxylic acids is 1. The number of hydrogen-bond acceptors (Lipinski definition) is 1. The first-order chi connectivity index (χ1) is 5.97. The maximum absolute atomic E-state index is 10.9. The average Bonchev–Trinajstić information content (AvgIpc) is 2.03. The maximum Gasteiger partial charge on any atom is 0.129 e. The highest BCUT2D eigenvalue weighted by Crippen LogP contribution is 2.26. The van der Waals surface area contributed by atoms with E-state index in [2.05, 4.69) is 15.9 Å². The molecule has 1 rings (SSSR count).